The minimum Gasteiger partial charge on any atom is -0.478 e. The van der Waals surface area contributed by atoms with Gasteiger partial charge in [0.05, 0.1) is 0 Å². The van der Waals surface area contributed by atoms with Crippen LogP contribution in [0, 0.1) is 0 Å². The molecule has 1 heterocycles. The van der Waals surface area contributed by atoms with Gasteiger partial charge in [0.25, 0.3) is 0 Å². The van der Waals surface area contributed by atoms with Gasteiger partial charge in [-0.2, -0.15) is 0 Å². The zero-order valence-electron chi connectivity index (χ0n) is 19.2. The predicted molar refractivity (Wildman–Crippen MR) is 130 cm³/mol. The van der Waals surface area contributed by atoms with E-state index in [-0.39, 0.29) is 5.54 Å². The fourth-order valence-electron chi connectivity index (χ4n) is 4.66. The van der Waals surface area contributed by atoms with Crippen LogP contribution in [0.15, 0.2) is 60.7 Å². The molecule has 1 aliphatic heterocycles. The van der Waals surface area contributed by atoms with E-state index >= 15 is 0 Å². The zero-order valence-corrected chi connectivity index (χ0v) is 20.0. The van der Waals surface area contributed by atoms with Gasteiger partial charge in [0.15, 0.2) is 0 Å². The topological polar surface area (TPSA) is 81.1 Å². The molecule has 0 amide bonds. The van der Waals surface area contributed by atoms with Crippen molar-refractivity contribution in [1.29, 1.82) is 0 Å². The number of piperazine rings is 1. The molecule has 2 unspecified atom stereocenters. The summed E-state index contributed by atoms with van der Waals surface area (Å²) in [5.41, 5.74) is 4.52. The highest BCUT2D eigenvalue weighted by Gasteiger charge is 2.40. The Bertz CT molecular complexity index is 1010. The molecule has 0 radical (unpaired) electrons. The lowest BCUT2D eigenvalue weighted by Crippen LogP contribution is -2.58. The number of hydrogen-bond acceptors (Lipinski definition) is 4. The van der Waals surface area contributed by atoms with Gasteiger partial charge in [-0.15, -0.1) is 0 Å². The predicted octanol–water partition coefficient (Wildman–Crippen LogP) is 4.65. The van der Waals surface area contributed by atoms with Crippen molar-refractivity contribution in [3.8, 4) is 0 Å². The van der Waals surface area contributed by atoms with Crippen LogP contribution in [-0.2, 0) is 9.59 Å². The van der Waals surface area contributed by atoms with E-state index in [1.807, 2.05) is 6.07 Å². The van der Waals surface area contributed by atoms with Crippen LogP contribution in [0.4, 0.5) is 0 Å². The molecule has 0 saturated carbocycles. The Kier molecular flexibility index (Phi) is 7.95. The Hall–Kier alpha value is -2.67. The maximum absolute atomic E-state index is 9.55. The molecule has 7 heteroatoms. The number of aliphatic carboxylic acids is 2. The van der Waals surface area contributed by atoms with Gasteiger partial charge in [-0.1, -0.05) is 48.0 Å². The number of carboxylic acids is 2. The number of benzene rings is 2. The number of hydrogen-bond donors (Lipinski definition) is 2. The van der Waals surface area contributed by atoms with Crippen molar-refractivity contribution in [3.05, 3.63) is 82.4 Å². The first-order chi connectivity index (χ1) is 15.6. The number of carbonyl (C=O) groups is 2. The number of carboxylic acid groups (broad SMARTS) is 2. The SMILES string of the molecule is CN1CCN(C2CC(c3ccccc3)c3ccc(Cl)cc32)CC1(C)C.O=C(O)C=CC(=O)O. The average molecular weight is 471 g/mol. The summed E-state index contributed by atoms with van der Waals surface area (Å²) in [6.07, 6.45) is 2.27. The third-order valence-electron chi connectivity index (χ3n) is 6.60. The molecule has 33 heavy (non-hydrogen) atoms. The zero-order chi connectivity index (χ0) is 24.2. The molecule has 1 saturated heterocycles. The van der Waals surface area contributed by atoms with Gasteiger partial charge in [0, 0.05) is 54.3 Å². The second kappa shape index (κ2) is 10.5. The molecular weight excluding hydrogens is 440 g/mol. The van der Waals surface area contributed by atoms with Crippen LogP contribution in [0.2, 0.25) is 5.02 Å². The third-order valence-corrected chi connectivity index (χ3v) is 6.83. The van der Waals surface area contributed by atoms with Crippen molar-refractivity contribution in [2.24, 2.45) is 0 Å². The lowest BCUT2D eigenvalue weighted by molar-refractivity contribution is -0.134. The van der Waals surface area contributed by atoms with Crippen molar-refractivity contribution < 1.29 is 19.8 Å². The Morgan fingerprint density at radius 3 is 2.21 bits per heavy atom. The first-order valence-electron chi connectivity index (χ1n) is 11.0. The molecule has 0 bridgehead atoms. The van der Waals surface area contributed by atoms with E-state index in [0.717, 1.165) is 31.1 Å². The Morgan fingerprint density at radius 1 is 1.00 bits per heavy atom. The smallest absolute Gasteiger partial charge is 0.328 e. The standard InChI is InChI=1S/C22H27ClN2.C4H4O4/c1-22(2)15-25(12-11-24(22)3)21-14-19(16-7-5-4-6-8-16)18-10-9-17(23)13-20(18)21;5-3(6)1-2-4(7)8/h4-10,13,19,21H,11-12,14-15H2,1-3H3;1-2H,(H,5,6)(H,7,8). The maximum atomic E-state index is 9.55. The molecule has 2 aromatic rings. The van der Waals surface area contributed by atoms with Crippen LogP contribution in [0.1, 0.15) is 48.9 Å². The van der Waals surface area contributed by atoms with Crippen molar-refractivity contribution in [2.45, 2.75) is 37.8 Å². The first kappa shape index (κ1) is 25.0. The van der Waals surface area contributed by atoms with E-state index in [1.165, 1.54) is 16.7 Å². The van der Waals surface area contributed by atoms with Gasteiger partial charge < -0.3 is 10.2 Å². The molecule has 2 aromatic carbocycles. The molecular formula is C26H31ClN2O4. The van der Waals surface area contributed by atoms with E-state index in [1.54, 1.807) is 0 Å². The van der Waals surface area contributed by atoms with Crippen molar-refractivity contribution in [1.82, 2.24) is 9.80 Å². The molecule has 4 rings (SSSR count). The second-order valence-electron chi connectivity index (χ2n) is 9.20. The summed E-state index contributed by atoms with van der Waals surface area (Å²) < 4.78 is 0. The summed E-state index contributed by atoms with van der Waals surface area (Å²) in [5, 5.41) is 16.5. The molecule has 6 nitrogen and oxygen atoms in total. The normalized spacial score (nSPS) is 22.4. The molecule has 2 aliphatic rings. The average Bonchev–Trinajstić information content (AvgIpc) is 3.14. The largest absolute Gasteiger partial charge is 0.478 e. The molecule has 176 valence electrons. The second-order valence-corrected chi connectivity index (χ2v) is 9.64. The van der Waals surface area contributed by atoms with Gasteiger partial charge in [-0.3, -0.25) is 9.80 Å². The molecule has 0 spiro atoms. The van der Waals surface area contributed by atoms with Crippen LogP contribution in [0.5, 0.6) is 0 Å². The van der Waals surface area contributed by atoms with Crippen molar-refractivity contribution in [3.63, 3.8) is 0 Å². The van der Waals surface area contributed by atoms with Gasteiger partial charge in [-0.25, -0.2) is 9.59 Å². The van der Waals surface area contributed by atoms with Crippen LogP contribution in [-0.4, -0.2) is 64.2 Å². The van der Waals surface area contributed by atoms with Crippen LogP contribution >= 0.6 is 11.6 Å². The highest BCUT2D eigenvalue weighted by molar-refractivity contribution is 6.30. The summed E-state index contributed by atoms with van der Waals surface area (Å²) in [4.78, 5) is 24.3. The highest BCUT2D eigenvalue weighted by atomic mass is 35.5. The number of nitrogens with zero attached hydrogens (tertiary/aromatic N) is 2. The number of likely N-dealkylation sites (N-methyl/N-ethyl adjacent to an activating group) is 1. The van der Waals surface area contributed by atoms with E-state index in [0.29, 0.717) is 24.1 Å². The van der Waals surface area contributed by atoms with Crippen LogP contribution in [0.3, 0.4) is 0 Å². The van der Waals surface area contributed by atoms with Gasteiger partial charge >= 0.3 is 11.9 Å². The van der Waals surface area contributed by atoms with Crippen LogP contribution in [0.25, 0.3) is 0 Å². The third kappa shape index (κ3) is 6.22. The molecule has 2 atom stereocenters. The maximum Gasteiger partial charge on any atom is 0.328 e. The quantitative estimate of drug-likeness (QED) is 0.633. The number of halogens is 1. The van der Waals surface area contributed by atoms with E-state index in [9.17, 15) is 9.59 Å². The summed E-state index contributed by atoms with van der Waals surface area (Å²) in [6, 6.07) is 17.9. The molecule has 2 N–H and O–H groups in total. The summed E-state index contributed by atoms with van der Waals surface area (Å²) in [5.74, 6) is -2.04. The summed E-state index contributed by atoms with van der Waals surface area (Å²) >= 11 is 6.37. The van der Waals surface area contributed by atoms with E-state index < -0.39 is 11.9 Å². The summed E-state index contributed by atoms with van der Waals surface area (Å²) in [7, 11) is 2.24. The molecule has 1 fully saturated rings. The minimum absolute atomic E-state index is 0.210. The minimum atomic E-state index is -1.26. The van der Waals surface area contributed by atoms with Crippen LogP contribution < -0.4 is 0 Å². The monoisotopic (exact) mass is 470 g/mol. The lowest BCUT2D eigenvalue weighted by Gasteiger charge is -2.47. The molecule has 0 aromatic heterocycles. The lowest BCUT2D eigenvalue weighted by atomic mass is 9.93. The van der Waals surface area contributed by atoms with E-state index in [4.69, 9.17) is 21.8 Å². The first-order valence-corrected chi connectivity index (χ1v) is 11.4. The van der Waals surface area contributed by atoms with Crippen molar-refractivity contribution >= 4 is 23.5 Å². The number of rotatable bonds is 4. The van der Waals surface area contributed by atoms with E-state index in [2.05, 4.69) is 73.2 Å². The Balaban J connectivity index is 0.000000331. The fourth-order valence-corrected chi connectivity index (χ4v) is 4.84. The van der Waals surface area contributed by atoms with Gasteiger partial charge in [0.2, 0.25) is 0 Å². The highest BCUT2D eigenvalue weighted by Crippen LogP contribution is 2.48. The summed E-state index contributed by atoms with van der Waals surface area (Å²) in [6.45, 7) is 8.04. The fraction of sp³-hybridized carbons (Fsp3) is 0.385. The van der Waals surface area contributed by atoms with Gasteiger partial charge in [-0.05, 0) is 56.1 Å². The van der Waals surface area contributed by atoms with Gasteiger partial charge in [0.1, 0.15) is 0 Å². The van der Waals surface area contributed by atoms with Crippen molar-refractivity contribution in [2.75, 3.05) is 26.7 Å². The Morgan fingerprint density at radius 2 is 1.64 bits per heavy atom. The number of fused-ring (bicyclic) bond motifs is 1. The molecule has 1 aliphatic carbocycles. The Labute approximate surface area is 200 Å².